The number of anilines is 2. The van der Waals surface area contributed by atoms with Crippen molar-refractivity contribution < 1.29 is 9.59 Å². The van der Waals surface area contributed by atoms with Crippen LogP contribution in [0.3, 0.4) is 0 Å². The Morgan fingerprint density at radius 1 is 0.868 bits per heavy atom. The van der Waals surface area contributed by atoms with Gasteiger partial charge in [0.15, 0.2) is 0 Å². The summed E-state index contributed by atoms with van der Waals surface area (Å²) < 4.78 is 0. The molecule has 0 saturated carbocycles. The molecule has 38 heavy (non-hydrogen) atoms. The molecule has 0 heterocycles. The Kier molecular flexibility index (Phi) is 8.49. The van der Waals surface area contributed by atoms with Crippen LogP contribution in [0.2, 0.25) is 5.02 Å². The van der Waals surface area contributed by atoms with Crippen molar-refractivity contribution in [1.29, 1.82) is 0 Å². The molecule has 0 saturated heterocycles. The first-order valence-corrected chi connectivity index (χ1v) is 12.9. The van der Waals surface area contributed by atoms with Crippen LogP contribution in [0.25, 0.3) is 0 Å². The topological polar surface area (TPSA) is 52.7 Å². The molecule has 4 aromatic carbocycles. The first kappa shape index (κ1) is 27.0. The van der Waals surface area contributed by atoms with Gasteiger partial charge in [0.2, 0.25) is 0 Å². The number of hydrogen-bond donors (Lipinski definition) is 1. The SMILES string of the molecule is Cc1cccc(C(=O)N(Cc2cc(NC(=O)c3ccccc3Cl)ccc2N(C)C)C(C)c2ccccc2)c1. The molecule has 0 aliphatic carbocycles. The van der Waals surface area contributed by atoms with E-state index in [0.29, 0.717) is 28.4 Å². The minimum atomic E-state index is -0.288. The predicted molar refractivity (Wildman–Crippen MR) is 156 cm³/mol. The molecule has 194 valence electrons. The molecule has 4 aromatic rings. The van der Waals surface area contributed by atoms with Gasteiger partial charge in [0, 0.05) is 37.6 Å². The monoisotopic (exact) mass is 525 g/mol. The highest BCUT2D eigenvalue weighted by molar-refractivity contribution is 6.34. The van der Waals surface area contributed by atoms with Crippen LogP contribution in [-0.2, 0) is 6.54 Å². The molecule has 0 aliphatic heterocycles. The highest BCUT2D eigenvalue weighted by Crippen LogP contribution is 2.30. The van der Waals surface area contributed by atoms with E-state index in [0.717, 1.165) is 22.4 Å². The van der Waals surface area contributed by atoms with Crippen LogP contribution < -0.4 is 10.2 Å². The van der Waals surface area contributed by atoms with Crippen molar-refractivity contribution in [2.24, 2.45) is 0 Å². The van der Waals surface area contributed by atoms with Gasteiger partial charge < -0.3 is 15.1 Å². The van der Waals surface area contributed by atoms with Crippen molar-refractivity contribution in [3.63, 3.8) is 0 Å². The third kappa shape index (κ3) is 6.24. The van der Waals surface area contributed by atoms with Crippen molar-refractivity contribution in [2.75, 3.05) is 24.3 Å². The number of carbonyl (C=O) groups excluding carboxylic acids is 2. The summed E-state index contributed by atoms with van der Waals surface area (Å²) in [5.41, 5.74) is 5.62. The maximum atomic E-state index is 13.9. The number of nitrogens with one attached hydrogen (secondary N) is 1. The second-order valence-electron chi connectivity index (χ2n) is 9.56. The summed E-state index contributed by atoms with van der Waals surface area (Å²) in [6, 6.07) is 30.2. The molecule has 0 radical (unpaired) electrons. The van der Waals surface area contributed by atoms with Gasteiger partial charge in [0.25, 0.3) is 11.8 Å². The van der Waals surface area contributed by atoms with E-state index in [-0.39, 0.29) is 17.9 Å². The molecule has 1 unspecified atom stereocenters. The number of rotatable bonds is 8. The van der Waals surface area contributed by atoms with Crippen molar-refractivity contribution >= 4 is 34.8 Å². The number of hydrogen-bond acceptors (Lipinski definition) is 3. The summed E-state index contributed by atoms with van der Waals surface area (Å²) in [5.74, 6) is -0.343. The minimum Gasteiger partial charge on any atom is -0.377 e. The molecule has 5 nitrogen and oxygen atoms in total. The molecular weight excluding hydrogens is 494 g/mol. The number of benzene rings is 4. The lowest BCUT2D eigenvalue weighted by Crippen LogP contribution is -2.34. The zero-order valence-electron chi connectivity index (χ0n) is 22.1. The number of aryl methyl sites for hydroxylation is 1. The summed E-state index contributed by atoms with van der Waals surface area (Å²) in [4.78, 5) is 30.7. The Bertz CT molecular complexity index is 1440. The average Bonchev–Trinajstić information content (AvgIpc) is 2.91. The second-order valence-corrected chi connectivity index (χ2v) is 9.97. The fourth-order valence-electron chi connectivity index (χ4n) is 4.49. The summed E-state index contributed by atoms with van der Waals surface area (Å²) in [7, 11) is 3.93. The second kappa shape index (κ2) is 12.0. The van der Waals surface area contributed by atoms with E-state index in [1.54, 1.807) is 24.3 Å². The van der Waals surface area contributed by atoms with Crippen LogP contribution in [0.5, 0.6) is 0 Å². The predicted octanol–water partition coefficient (Wildman–Crippen LogP) is 7.37. The molecule has 6 heteroatoms. The molecule has 1 atom stereocenters. The van der Waals surface area contributed by atoms with E-state index >= 15 is 0 Å². The van der Waals surface area contributed by atoms with Crippen LogP contribution >= 0.6 is 11.6 Å². The third-order valence-electron chi connectivity index (χ3n) is 6.55. The Balaban J connectivity index is 1.71. The van der Waals surface area contributed by atoms with Gasteiger partial charge in [-0.25, -0.2) is 0 Å². The van der Waals surface area contributed by atoms with Crippen LogP contribution in [0, 0.1) is 6.92 Å². The number of amides is 2. The standard InChI is InChI=1S/C32H32ClN3O2/c1-22-11-10-14-25(19-22)32(38)36(23(2)24-12-6-5-7-13-24)21-26-20-27(17-18-30(26)35(3)4)34-31(37)28-15-8-9-16-29(28)33/h5-20,23H,21H2,1-4H3,(H,34,37). The fourth-order valence-corrected chi connectivity index (χ4v) is 4.72. The highest BCUT2D eigenvalue weighted by atomic mass is 35.5. The molecule has 0 spiro atoms. The van der Waals surface area contributed by atoms with Gasteiger partial charge in [-0.3, -0.25) is 9.59 Å². The van der Waals surface area contributed by atoms with Crippen LogP contribution in [0.4, 0.5) is 11.4 Å². The molecule has 2 amide bonds. The van der Waals surface area contributed by atoms with E-state index in [1.165, 1.54) is 0 Å². The largest absolute Gasteiger partial charge is 0.377 e. The molecule has 0 bridgehead atoms. The fraction of sp³-hybridized carbons (Fsp3) is 0.188. The molecule has 0 aromatic heterocycles. The Morgan fingerprint density at radius 2 is 1.58 bits per heavy atom. The summed E-state index contributed by atoms with van der Waals surface area (Å²) in [6.07, 6.45) is 0. The zero-order valence-corrected chi connectivity index (χ0v) is 22.9. The quantitative estimate of drug-likeness (QED) is 0.261. The van der Waals surface area contributed by atoms with E-state index in [9.17, 15) is 9.59 Å². The maximum absolute atomic E-state index is 13.9. The molecule has 0 fully saturated rings. The average molecular weight is 526 g/mol. The van der Waals surface area contributed by atoms with Crippen molar-refractivity contribution in [3.05, 3.63) is 130 Å². The van der Waals surface area contributed by atoms with Gasteiger partial charge in [-0.15, -0.1) is 0 Å². The lowest BCUT2D eigenvalue weighted by Gasteiger charge is -2.32. The number of halogens is 1. The van der Waals surface area contributed by atoms with E-state index in [1.807, 2.05) is 111 Å². The van der Waals surface area contributed by atoms with E-state index in [2.05, 4.69) is 5.32 Å². The Labute approximate surface area is 229 Å². The van der Waals surface area contributed by atoms with Gasteiger partial charge in [-0.2, -0.15) is 0 Å². The van der Waals surface area contributed by atoms with Gasteiger partial charge >= 0.3 is 0 Å². The lowest BCUT2D eigenvalue weighted by atomic mass is 10.0. The summed E-state index contributed by atoms with van der Waals surface area (Å²) >= 11 is 6.24. The number of nitrogens with zero attached hydrogens (tertiary/aromatic N) is 2. The highest BCUT2D eigenvalue weighted by Gasteiger charge is 2.25. The molecule has 0 aliphatic rings. The maximum Gasteiger partial charge on any atom is 0.257 e. The lowest BCUT2D eigenvalue weighted by molar-refractivity contribution is 0.0674. The first-order valence-electron chi connectivity index (χ1n) is 12.5. The van der Waals surface area contributed by atoms with Crippen molar-refractivity contribution in [3.8, 4) is 0 Å². The van der Waals surface area contributed by atoms with E-state index < -0.39 is 0 Å². The first-order chi connectivity index (χ1) is 18.2. The third-order valence-corrected chi connectivity index (χ3v) is 6.88. The van der Waals surface area contributed by atoms with Crippen LogP contribution in [0.15, 0.2) is 97.1 Å². The van der Waals surface area contributed by atoms with Gasteiger partial charge in [-0.1, -0.05) is 71.8 Å². The van der Waals surface area contributed by atoms with Crippen molar-refractivity contribution in [1.82, 2.24) is 4.90 Å². The summed E-state index contributed by atoms with van der Waals surface area (Å²) in [5, 5.41) is 3.35. The van der Waals surface area contributed by atoms with Crippen LogP contribution in [0.1, 0.15) is 50.4 Å². The molecule has 1 N–H and O–H groups in total. The zero-order chi connectivity index (χ0) is 27.2. The normalized spacial score (nSPS) is 11.5. The van der Waals surface area contributed by atoms with Gasteiger partial charge in [0.05, 0.1) is 16.6 Å². The smallest absolute Gasteiger partial charge is 0.257 e. The Morgan fingerprint density at radius 3 is 2.26 bits per heavy atom. The molecule has 4 rings (SSSR count). The molecular formula is C32H32ClN3O2. The van der Waals surface area contributed by atoms with E-state index in [4.69, 9.17) is 11.6 Å². The number of carbonyl (C=O) groups is 2. The van der Waals surface area contributed by atoms with Gasteiger partial charge in [0.1, 0.15) is 0 Å². The Hall–Kier alpha value is -4.09. The summed E-state index contributed by atoms with van der Waals surface area (Å²) in [6.45, 7) is 4.38. The van der Waals surface area contributed by atoms with Gasteiger partial charge in [-0.05, 0) is 67.4 Å². The minimum absolute atomic E-state index is 0.0553. The van der Waals surface area contributed by atoms with Crippen LogP contribution in [-0.4, -0.2) is 30.8 Å². The van der Waals surface area contributed by atoms with Crippen molar-refractivity contribution in [2.45, 2.75) is 26.4 Å².